The van der Waals surface area contributed by atoms with Crippen molar-refractivity contribution >= 4 is 17.6 Å². The van der Waals surface area contributed by atoms with Crippen LogP contribution in [-0.4, -0.2) is 79.2 Å². The summed E-state index contributed by atoms with van der Waals surface area (Å²) in [5.41, 5.74) is 0. The third-order valence-corrected chi connectivity index (χ3v) is 3.46. The first-order valence-corrected chi connectivity index (χ1v) is 7.23. The minimum absolute atomic E-state index is 0.514. The number of aromatic nitrogens is 2. The summed E-state index contributed by atoms with van der Waals surface area (Å²) >= 11 is 5.66. The minimum atomic E-state index is 0.514. The second-order valence-electron chi connectivity index (χ2n) is 5.05. The second-order valence-corrected chi connectivity index (χ2v) is 5.43. The molecule has 1 aliphatic rings. The van der Waals surface area contributed by atoms with E-state index in [0.29, 0.717) is 24.2 Å². The van der Waals surface area contributed by atoms with Crippen molar-refractivity contribution in [3.05, 3.63) is 5.89 Å². The molecule has 2 rings (SSSR count). The second kappa shape index (κ2) is 7.07. The van der Waals surface area contributed by atoms with Crippen molar-refractivity contribution in [3.63, 3.8) is 0 Å². The summed E-state index contributed by atoms with van der Waals surface area (Å²) in [6.07, 6.45) is 0.636. The number of anilines is 1. The van der Waals surface area contributed by atoms with E-state index in [1.165, 1.54) is 0 Å². The Kier molecular flexibility index (Phi) is 5.42. The van der Waals surface area contributed by atoms with Gasteiger partial charge in [-0.25, -0.2) is 0 Å². The Bertz CT molecular complexity index is 376. The maximum Gasteiger partial charge on any atom is 0.318 e. The first kappa shape index (κ1) is 14.6. The highest BCUT2D eigenvalue weighted by molar-refractivity contribution is 6.17. The predicted molar refractivity (Wildman–Crippen MR) is 75.9 cm³/mol. The average molecular weight is 288 g/mol. The van der Waals surface area contributed by atoms with Gasteiger partial charge in [-0.15, -0.1) is 16.7 Å². The first-order chi connectivity index (χ1) is 9.19. The smallest absolute Gasteiger partial charge is 0.318 e. The third kappa shape index (κ3) is 4.33. The van der Waals surface area contributed by atoms with E-state index in [1.807, 2.05) is 0 Å². The topological polar surface area (TPSA) is 48.6 Å². The summed E-state index contributed by atoms with van der Waals surface area (Å²) in [5, 5.41) is 8.08. The molecule has 19 heavy (non-hydrogen) atoms. The molecule has 0 atom stereocenters. The number of rotatable bonds is 6. The Labute approximate surface area is 119 Å². The lowest BCUT2D eigenvalue weighted by Crippen LogP contribution is -2.48. The summed E-state index contributed by atoms with van der Waals surface area (Å²) in [5.74, 6) is 1.14. The molecule has 0 amide bonds. The molecule has 0 radical (unpaired) electrons. The van der Waals surface area contributed by atoms with Crippen LogP contribution in [0.1, 0.15) is 5.89 Å². The van der Waals surface area contributed by atoms with E-state index in [4.69, 9.17) is 16.0 Å². The maximum absolute atomic E-state index is 5.66. The van der Waals surface area contributed by atoms with Crippen LogP contribution in [0.25, 0.3) is 0 Å². The summed E-state index contributed by atoms with van der Waals surface area (Å²) in [4.78, 5) is 6.83. The van der Waals surface area contributed by atoms with Crippen LogP contribution in [0.2, 0.25) is 0 Å². The maximum atomic E-state index is 5.66. The fourth-order valence-corrected chi connectivity index (χ4v) is 2.22. The van der Waals surface area contributed by atoms with Gasteiger partial charge in [-0.05, 0) is 14.1 Å². The lowest BCUT2D eigenvalue weighted by molar-refractivity contribution is 0.226. The van der Waals surface area contributed by atoms with Gasteiger partial charge in [-0.2, -0.15) is 0 Å². The molecule has 0 aliphatic carbocycles. The van der Waals surface area contributed by atoms with Crippen LogP contribution < -0.4 is 4.90 Å². The highest BCUT2D eigenvalue weighted by Gasteiger charge is 2.20. The molecule has 0 bridgehead atoms. The molecule has 0 aromatic carbocycles. The van der Waals surface area contributed by atoms with Gasteiger partial charge in [0, 0.05) is 51.6 Å². The molecule has 2 heterocycles. The standard InChI is InChI=1S/C12H22ClN5O/c1-16(2)5-6-17-7-9-18(10-8-17)12-15-14-11(19-12)3-4-13/h3-10H2,1-2H3. The Morgan fingerprint density at radius 3 is 2.58 bits per heavy atom. The van der Waals surface area contributed by atoms with Gasteiger partial charge in [0.1, 0.15) is 0 Å². The van der Waals surface area contributed by atoms with Crippen molar-refractivity contribution in [1.82, 2.24) is 20.0 Å². The molecular weight excluding hydrogens is 266 g/mol. The Hall–Kier alpha value is -0.850. The number of alkyl halides is 1. The molecule has 1 aliphatic heterocycles. The molecule has 1 saturated heterocycles. The van der Waals surface area contributed by atoms with Crippen molar-refractivity contribution in [2.24, 2.45) is 0 Å². The molecular formula is C12H22ClN5O. The lowest BCUT2D eigenvalue weighted by atomic mass is 10.3. The zero-order chi connectivity index (χ0) is 13.7. The number of halogens is 1. The molecule has 0 N–H and O–H groups in total. The van der Waals surface area contributed by atoms with E-state index in [-0.39, 0.29) is 0 Å². The Morgan fingerprint density at radius 2 is 1.95 bits per heavy atom. The zero-order valence-corrected chi connectivity index (χ0v) is 12.4. The van der Waals surface area contributed by atoms with Gasteiger partial charge in [0.2, 0.25) is 5.89 Å². The van der Waals surface area contributed by atoms with Crippen LogP contribution in [0.3, 0.4) is 0 Å². The van der Waals surface area contributed by atoms with Crippen molar-refractivity contribution in [2.75, 3.05) is 64.1 Å². The van der Waals surface area contributed by atoms with Gasteiger partial charge in [-0.1, -0.05) is 5.10 Å². The number of nitrogens with zero attached hydrogens (tertiary/aromatic N) is 5. The quantitative estimate of drug-likeness (QED) is 0.712. The van der Waals surface area contributed by atoms with E-state index in [2.05, 4.69) is 39.0 Å². The SMILES string of the molecule is CN(C)CCN1CCN(c2nnc(CCCl)o2)CC1. The molecule has 1 aromatic rings. The number of likely N-dealkylation sites (N-methyl/N-ethyl adjacent to an activating group) is 1. The minimum Gasteiger partial charge on any atom is -0.408 e. The zero-order valence-electron chi connectivity index (χ0n) is 11.7. The summed E-state index contributed by atoms with van der Waals surface area (Å²) in [6.45, 7) is 6.18. The largest absolute Gasteiger partial charge is 0.408 e. The highest BCUT2D eigenvalue weighted by atomic mass is 35.5. The highest BCUT2D eigenvalue weighted by Crippen LogP contribution is 2.15. The first-order valence-electron chi connectivity index (χ1n) is 6.69. The van der Waals surface area contributed by atoms with Crippen molar-refractivity contribution in [1.29, 1.82) is 0 Å². The van der Waals surface area contributed by atoms with Crippen LogP contribution in [0.15, 0.2) is 4.42 Å². The average Bonchev–Trinajstić information content (AvgIpc) is 2.86. The summed E-state index contributed by atoms with van der Waals surface area (Å²) < 4.78 is 5.59. The molecule has 0 unspecified atom stereocenters. The van der Waals surface area contributed by atoms with E-state index < -0.39 is 0 Å². The fraction of sp³-hybridized carbons (Fsp3) is 0.833. The third-order valence-electron chi connectivity index (χ3n) is 3.27. The van der Waals surface area contributed by atoms with Gasteiger partial charge in [0.15, 0.2) is 0 Å². The van der Waals surface area contributed by atoms with Crippen molar-refractivity contribution in [3.8, 4) is 0 Å². The Balaban J connectivity index is 1.78. The van der Waals surface area contributed by atoms with Gasteiger partial charge in [0.25, 0.3) is 0 Å². The van der Waals surface area contributed by atoms with E-state index in [9.17, 15) is 0 Å². The lowest BCUT2D eigenvalue weighted by Gasteiger charge is -2.34. The van der Waals surface area contributed by atoms with Crippen LogP contribution in [0.5, 0.6) is 0 Å². The monoisotopic (exact) mass is 287 g/mol. The molecule has 7 heteroatoms. The molecule has 6 nitrogen and oxygen atoms in total. The van der Waals surface area contributed by atoms with Crippen LogP contribution in [-0.2, 0) is 6.42 Å². The Morgan fingerprint density at radius 1 is 1.21 bits per heavy atom. The molecule has 0 saturated carbocycles. The molecule has 1 fully saturated rings. The van der Waals surface area contributed by atoms with Crippen LogP contribution in [0.4, 0.5) is 6.01 Å². The summed E-state index contributed by atoms with van der Waals surface area (Å²) in [7, 11) is 4.21. The van der Waals surface area contributed by atoms with E-state index >= 15 is 0 Å². The van der Waals surface area contributed by atoms with Gasteiger partial charge >= 0.3 is 6.01 Å². The van der Waals surface area contributed by atoms with Crippen molar-refractivity contribution < 1.29 is 4.42 Å². The number of aryl methyl sites for hydroxylation is 1. The number of hydrogen-bond acceptors (Lipinski definition) is 6. The van der Waals surface area contributed by atoms with Gasteiger partial charge in [-0.3, -0.25) is 4.90 Å². The normalized spacial score (nSPS) is 17.4. The van der Waals surface area contributed by atoms with Gasteiger partial charge < -0.3 is 14.2 Å². The number of hydrogen-bond donors (Lipinski definition) is 0. The fourth-order valence-electron chi connectivity index (χ4n) is 2.06. The predicted octanol–water partition coefficient (Wildman–Crippen LogP) is 0.535. The summed E-state index contributed by atoms with van der Waals surface area (Å²) in [6, 6.07) is 0.632. The molecule has 1 aromatic heterocycles. The molecule has 108 valence electrons. The van der Waals surface area contributed by atoms with Gasteiger partial charge in [0.05, 0.1) is 0 Å². The molecule has 0 spiro atoms. The van der Waals surface area contributed by atoms with E-state index in [0.717, 1.165) is 39.3 Å². The van der Waals surface area contributed by atoms with E-state index in [1.54, 1.807) is 0 Å². The van der Waals surface area contributed by atoms with Crippen molar-refractivity contribution in [2.45, 2.75) is 6.42 Å². The van der Waals surface area contributed by atoms with Crippen LogP contribution >= 0.6 is 11.6 Å². The van der Waals surface area contributed by atoms with Crippen LogP contribution in [0, 0.1) is 0 Å². The number of piperazine rings is 1.